The first-order chi connectivity index (χ1) is 17.4. The monoisotopic (exact) mass is 537 g/mol. The lowest BCUT2D eigenvalue weighted by molar-refractivity contribution is -0.193. The van der Waals surface area contributed by atoms with Gasteiger partial charge in [0.05, 0.1) is 12.3 Å². The van der Waals surface area contributed by atoms with E-state index in [4.69, 9.17) is 9.47 Å². The molecule has 204 valence electrons. The summed E-state index contributed by atoms with van der Waals surface area (Å²) in [7, 11) is -3.64. The summed E-state index contributed by atoms with van der Waals surface area (Å²) in [6, 6.07) is 6.67. The van der Waals surface area contributed by atoms with Gasteiger partial charge in [-0.3, -0.25) is 14.4 Å². The van der Waals surface area contributed by atoms with Crippen LogP contribution in [-0.2, 0) is 45.3 Å². The van der Waals surface area contributed by atoms with Gasteiger partial charge in [0.25, 0.3) is 5.91 Å². The molecule has 2 fully saturated rings. The lowest BCUT2D eigenvalue weighted by Crippen LogP contribution is -2.56. The summed E-state index contributed by atoms with van der Waals surface area (Å²) in [4.78, 5) is 49.9. The second-order valence-corrected chi connectivity index (χ2v) is 11.7. The number of sulfonamides is 1. The van der Waals surface area contributed by atoms with Crippen LogP contribution in [0.5, 0.6) is 0 Å². The molecule has 0 radical (unpaired) electrons. The summed E-state index contributed by atoms with van der Waals surface area (Å²) < 4.78 is 35.7. The van der Waals surface area contributed by atoms with E-state index < -0.39 is 46.0 Å². The lowest BCUT2D eigenvalue weighted by Gasteiger charge is -2.37. The molecule has 11 nitrogen and oxygen atoms in total. The number of hydrogen-bond acceptors (Lipinski definition) is 8. The maximum atomic E-state index is 12.9. The number of esters is 2. The maximum Gasteiger partial charge on any atom is 0.328 e. The zero-order valence-corrected chi connectivity index (χ0v) is 22.2. The molecule has 1 heterocycles. The molecule has 0 aromatic heterocycles. The molecule has 3 N–H and O–H groups in total. The highest BCUT2D eigenvalue weighted by Crippen LogP contribution is 2.37. The Morgan fingerprint density at radius 2 is 1.84 bits per heavy atom. The van der Waals surface area contributed by atoms with Gasteiger partial charge in [-0.1, -0.05) is 50.6 Å². The summed E-state index contributed by atoms with van der Waals surface area (Å²) >= 11 is 0. The molecule has 1 aliphatic carbocycles. The molecule has 1 aromatic carbocycles. The average Bonchev–Trinajstić information content (AvgIpc) is 3.56. The zero-order chi connectivity index (χ0) is 27.3. The first kappa shape index (κ1) is 28.6. The van der Waals surface area contributed by atoms with Gasteiger partial charge in [0.15, 0.2) is 6.10 Å². The normalized spacial score (nSPS) is 25.0. The van der Waals surface area contributed by atoms with Gasteiger partial charge in [0, 0.05) is 6.04 Å². The van der Waals surface area contributed by atoms with Crippen LogP contribution in [0.25, 0.3) is 0 Å². The van der Waals surface area contributed by atoms with Crippen molar-refractivity contribution >= 4 is 33.8 Å². The smallest absolute Gasteiger partial charge is 0.328 e. The van der Waals surface area contributed by atoms with Crippen LogP contribution in [0.4, 0.5) is 0 Å². The van der Waals surface area contributed by atoms with Gasteiger partial charge < -0.3 is 20.1 Å². The van der Waals surface area contributed by atoms with Crippen LogP contribution in [0, 0.1) is 17.8 Å². The van der Waals surface area contributed by atoms with Crippen molar-refractivity contribution in [3.8, 4) is 0 Å². The van der Waals surface area contributed by atoms with Crippen molar-refractivity contribution in [2.45, 2.75) is 70.9 Å². The van der Waals surface area contributed by atoms with Gasteiger partial charge >= 0.3 is 11.9 Å². The van der Waals surface area contributed by atoms with Crippen molar-refractivity contribution in [3.05, 3.63) is 35.9 Å². The Bertz CT molecular complexity index is 1110. The molecule has 7 unspecified atom stereocenters. The van der Waals surface area contributed by atoms with Gasteiger partial charge in [-0.25, -0.2) is 17.9 Å². The summed E-state index contributed by atoms with van der Waals surface area (Å²) in [6.07, 6.45) is 1.63. The Labute approximate surface area is 217 Å². The van der Waals surface area contributed by atoms with Gasteiger partial charge in [0.2, 0.25) is 15.9 Å². The first-order valence-electron chi connectivity index (χ1n) is 12.4. The summed E-state index contributed by atoms with van der Waals surface area (Å²) in [6.45, 7) is 5.23. The highest BCUT2D eigenvalue weighted by atomic mass is 32.2. The molecule has 0 spiro atoms. The van der Waals surface area contributed by atoms with Gasteiger partial charge in [-0.05, 0) is 37.2 Å². The first-order valence-corrected chi connectivity index (χ1v) is 14.3. The van der Waals surface area contributed by atoms with Crippen LogP contribution in [0.3, 0.4) is 0 Å². The molecule has 1 saturated heterocycles. The molecule has 7 atom stereocenters. The van der Waals surface area contributed by atoms with E-state index in [1.165, 1.54) is 6.92 Å². The van der Waals surface area contributed by atoms with Crippen molar-refractivity contribution < 1.29 is 37.1 Å². The minimum atomic E-state index is -3.64. The van der Waals surface area contributed by atoms with E-state index in [0.29, 0.717) is 6.42 Å². The fraction of sp³-hybridized carbons (Fsp3) is 0.600. The molecule has 37 heavy (non-hydrogen) atoms. The number of amides is 2. The number of hydrogen-bond donors (Lipinski definition) is 3. The second kappa shape index (κ2) is 12.0. The molecule has 0 bridgehead atoms. The standard InChI is InChI=1S/C25H35N3O8S/c1-5-14(2)20-21(36-25(20)32)23(30)26-18-11-17(18)12-19(27-22(29)15(3)28-37(4,33)34)24(31)35-13-16-9-7-6-8-10-16/h6-10,14-15,17-21,28H,5,11-13H2,1-4H3,(H,26,30)(H,27,29). The van der Waals surface area contributed by atoms with Crippen LogP contribution < -0.4 is 15.4 Å². The Morgan fingerprint density at radius 3 is 2.43 bits per heavy atom. The summed E-state index contributed by atoms with van der Waals surface area (Å²) in [5.41, 5.74) is 0.774. The predicted molar refractivity (Wildman–Crippen MR) is 133 cm³/mol. The van der Waals surface area contributed by atoms with E-state index in [9.17, 15) is 27.6 Å². The fourth-order valence-electron chi connectivity index (χ4n) is 4.30. The number of cyclic esters (lactones) is 1. The topological polar surface area (TPSA) is 157 Å². The van der Waals surface area contributed by atoms with E-state index >= 15 is 0 Å². The van der Waals surface area contributed by atoms with Crippen molar-refractivity contribution in [3.63, 3.8) is 0 Å². The molecular weight excluding hydrogens is 502 g/mol. The Hall–Kier alpha value is -2.99. The maximum absolute atomic E-state index is 12.9. The number of carbonyl (C=O) groups excluding carboxylic acids is 4. The Morgan fingerprint density at radius 1 is 1.16 bits per heavy atom. The minimum absolute atomic E-state index is 0.0120. The van der Waals surface area contributed by atoms with Crippen LogP contribution in [0.1, 0.15) is 45.6 Å². The molecule has 3 rings (SSSR count). The molecule has 1 aliphatic heterocycles. The third-order valence-electron chi connectivity index (χ3n) is 6.75. The van der Waals surface area contributed by atoms with Gasteiger partial charge in [-0.2, -0.15) is 0 Å². The van der Waals surface area contributed by atoms with E-state index in [1.807, 2.05) is 32.0 Å². The fourth-order valence-corrected chi connectivity index (χ4v) is 5.05. The van der Waals surface area contributed by atoms with E-state index in [-0.39, 0.29) is 42.8 Å². The second-order valence-electron chi connectivity index (χ2n) is 9.88. The summed E-state index contributed by atoms with van der Waals surface area (Å²) in [5, 5.41) is 5.45. The molecule has 2 amide bonds. The quantitative estimate of drug-likeness (QED) is 0.309. The van der Waals surface area contributed by atoms with Crippen molar-refractivity contribution in [2.24, 2.45) is 17.8 Å². The van der Waals surface area contributed by atoms with E-state index in [2.05, 4.69) is 15.4 Å². The molecule has 1 aromatic rings. The molecule has 1 saturated carbocycles. The third kappa shape index (κ3) is 8.00. The third-order valence-corrected chi connectivity index (χ3v) is 7.54. The number of rotatable bonds is 13. The van der Waals surface area contributed by atoms with Crippen LogP contribution >= 0.6 is 0 Å². The number of carbonyl (C=O) groups is 4. The average molecular weight is 538 g/mol. The molecule has 12 heteroatoms. The number of nitrogens with one attached hydrogen (secondary N) is 3. The van der Waals surface area contributed by atoms with E-state index in [0.717, 1.165) is 18.2 Å². The minimum Gasteiger partial charge on any atom is -0.459 e. The SMILES string of the molecule is CCC(C)C1C(=O)OC1C(=O)NC1CC1CC(NC(=O)C(C)NS(C)(=O)=O)C(=O)OCc1ccccc1. The van der Waals surface area contributed by atoms with Crippen molar-refractivity contribution in [2.75, 3.05) is 6.26 Å². The van der Waals surface area contributed by atoms with Crippen molar-refractivity contribution in [1.82, 2.24) is 15.4 Å². The largest absolute Gasteiger partial charge is 0.459 e. The van der Waals surface area contributed by atoms with Crippen LogP contribution in [0.2, 0.25) is 0 Å². The highest BCUT2D eigenvalue weighted by molar-refractivity contribution is 7.88. The van der Waals surface area contributed by atoms with Crippen molar-refractivity contribution in [1.29, 1.82) is 0 Å². The van der Waals surface area contributed by atoms with Crippen LogP contribution in [0.15, 0.2) is 30.3 Å². The Balaban J connectivity index is 1.59. The zero-order valence-electron chi connectivity index (χ0n) is 21.4. The van der Waals surface area contributed by atoms with E-state index in [1.54, 1.807) is 12.1 Å². The molecular formula is C25H35N3O8S. The highest BCUT2D eigenvalue weighted by Gasteiger charge is 2.51. The number of benzene rings is 1. The lowest BCUT2D eigenvalue weighted by atomic mass is 9.83. The Kier molecular flexibility index (Phi) is 9.30. The summed E-state index contributed by atoms with van der Waals surface area (Å²) in [5.74, 6) is -2.64. The number of ether oxygens (including phenoxy) is 2. The van der Waals surface area contributed by atoms with Gasteiger partial charge in [0.1, 0.15) is 18.6 Å². The van der Waals surface area contributed by atoms with Gasteiger partial charge in [-0.15, -0.1) is 0 Å². The predicted octanol–water partition coefficient (Wildman–Crippen LogP) is 0.635. The molecule has 2 aliphatic rings. The van der Waals surface area contributed by atoms with Crippen LogP contribution in [-0.4, -0.2) is 62.7 Å².